The Morgan fingerprint density at radius 1 is 1.26 bits per heavy atom. The Hall–Kier alpha value is -1.85. The van der Waals surface area contributed by atoms with Gasteiger partial charge in [-0.15, -0.1) is 0 Å². The van der Waals surface area contributed by atoms with Gasteiger partial charge in [-0.1, -0.05) is 35.3 Å². The SMILES string of the molecule is Cc1cccc(Nc2nc(Cl)ccc2[N+](=O)[O-])c1Cl. The van der Waals surface area contributed by atoms with E-state index in [2.05, 4.69) is 10.3 Å². The van der Waals surface area contributed by atoms with Gasteiger partial charge < -0.3 is 5.32 Å². The Kier molecular flexibility index (Phi) is 3.87. The van der Waals surface area contributed by atoms with E-state index >= 15 is 0 Å². The predicted molar refractivity (Wildman–Crippen MR) is 75.4 cm³/mol. The van der Waals surface area contributed by atoms with Crippen LogP contribution in [0.4, 0.5) is 17.2 Å². The Morgan fingerprint density at radius 2 is 2.00 bits per heavy atom. The van der Waals surface area contributed by atoms with Crippen molar-refractivity contribution in [3.63, 3.8) is 0 Å². The zero-order valence-electron chi connectivity index (χ0n) is 9.85. The standard InChI is InChI=1S/C12H9Cl2N3O2/c1-7-3-2-4-8(11(7)14)15-12-9(17(18)19)5-6-10(13)16-12/h2-6H,1H3,(H,15,16). The number of aromatic nitrogens is 1. The van der Waals surface area contributed by atoms with Crippen LogP contribution < -0.4 is 5.32 Å². The molecule has 98 valence electrons. The van der Waals surface area contributed by atoms with Crippen LogP contribution in [-0.2, 0) is 0 Å². The van der Waals surface area contributed by atoms with Gasteiger partial charge in [-0.2, -0.15) is 0 Å². The molecule has 2 aromatic rings. The molecule has 0 bridgehead atoms. The predicted octanol–water partition coefficient (Wildman–Crippen LogP) is 4.35. The number of nitro groups is 1. The van der Waals surface area contributed by atoms with Gasteiger partial charge in [0.1, 0.15) is 5.15 Å². The second kappa shape index (κ2) is 5.42. The molecule has 0 spiro atoms. The van der Waals surface area contributed by atoms with Gasteiger partial charge in [0.15, 0.2) is 0 Å². The van der Waals surface area contributed by atoms with E-state index in [4.69, 9.17) is 23.2 Å². The first-order valence-electron chi connectivity index (χ1n) is 5.32. The Morgan fingerprint density at radius 3 is 2.68 bits per heavy atom. The zero-order chi connectivity index (χ0) is 14.0. The molecule has 0 aliphatic heterocycles. The second-order valence-electron chi connectivity index (χ2n) is 3.82. The van der Waals surface area contributed by atoms with Crippen molar-refractivity contribution in [2.75, 3.05) is 5.32 Å². The van der Waals surface area contributed by atoms with E-state index in [1.807, 2.05) is 13.0 Å². The average Bonchev–Trinajstić information content (AvgIpc) is 2.35. The van der Waals surface area contributed by atoms with E-state index < -0.39 is 4.92 Å². The van der Waals surface area contributed by atoms with E-state index in [9.17, 15) is 10.1 Å². The number of nitrogens with one attached hydrogen (secondary N) is 1. The van der Waals surface area contributed by atoms with Crippen molar-refractivity contribution < 1.29 is 4.92 Å². The molecule has 0 amide bonds. The highest BCUT2D eigenvalue weighted by Crippen LogP contribution is 2.32. The van der Waals surface area contributed by atoms with Gasteiger partial charge >= 0.3 is 5.69 Å². The zero-order valence-corrected chi connectivity index (χ0v) is 11.4. The topological polar surface area (TPSA) is 68.1 Å². The summed E-state index contributed by atoms with van der Waals surface area (Å²) in [5, 5.41) is 14.4. The largest absolute Gasteiger partial charge is 0.333 e. The number of halogens is 2. The maximum Gasteiger partial charge on any atom is 0.311 e. The molecule has 0 saturated heterocycles. The molecule has 19 heavy (non-hydrogen) atoms. The first-order valence-corrected chi connectivity index (χ1v) is 6.07. The quantitative estimate of drug-likeness (QED) is 0.519. The van der Waals surface area contributed by atoms with Gasteiger partial charge in [-0.05, 0) is 24.6 Å². The number of aryl methyl sites for hydroxylation is 1. The van der Waals surface area contributed by atoms with Crippen LogP contribution in [0.1, 0.15) is 5.56 Å². The van der Waals surface area contributed by atoms with Crippen LogP contribution in [0.15, 0.2) is 30.3 Å². The number of hydrogen-bond donors (Lipinski definition) is 1. The van der Waals surface area contributed by atoms with Gasteiger partial charge in [-0.25, -0.2) is 4.98 Å². The van der Waals surface area contributed by atoms with Gasteiger partial charge in [0.25, 0.3) is 0 Å². The third kappa shape index (κ3) is 2.94. The van der Waals surface area contributed by atoms with Crippen LogP contribution >= 0.6 is 23.2 Å². The minimum absolute atomic E-state index is 0.0602. The molecule has 0 radical (unpaired) electrons. The van der Waals surface area contributed by atoms with Crippen LogP contribution in [0.5, 0.6) is 0 Å². The fraction of sp³-hybridized carbons (Fsp3) is 0.0833. The lowest BCUT2D eigenvalue weighted by atomic mass is 10.2. The van der Waals surface area contributed by atoms with Crippen LogP contribution in [0.25, 0.3) is 0 Å². The molecule has 1 aromatic heterocycles. The molecule has 5 nitrogen and oxygen atoms in total. The summed E-state index contributed by atoms with van der Waals surface area (Å²) in [7, 11) is 0. The van der Waals surface area contributed by atoms with Crippen molar-refractivity contribution in [3.05, 3.63) is 56.2 Å². The average molecular weight is 298 g/mol. The van der Waals surface area contributed by atoms with E-state index in [0.29, 0.717) is 10.7 Å². The van der Waals surface area contributed by atoms with Gasteiger partial charge in [0.2, 0.25) is 5.82 Å². The molecule has 1 N–H and O–H groups in total. The minimum atomic E-state index is -0.532. The lowest BCUT2D eigenvalue weighted by Crippen LogP contribution is -2.00. The summed E-state index contributed by atoms with van der Waals surface area (Å²) in [5.74, 6) is 0.0602. The van der Waals surface area contributed by atoms with Crippen LogP contribution in [0.2, 0.25) is 10.2 Å². The third-order valence-corrected chi connectivity index (χ3v) is 3.19. The monoisotopic (exact) mass is 297 g/mol. The molecule has 1 aromatic carbocycles. The molecule has 0 unspecified atom stereocenters. The first kappa shape index (κ1) is 13.6. The van der Waals surface area contributed by atoms with Crippen molar-refractivity contribution in [1.82, 2.24) is 4.98 Å². The normalized spacial score (nSPS) is 10.3. The number of pyridine rings is 1. The van der Waals surface area contributed by atoms with E-state index in [-0.39, 0.29) is 16.7 Å². The van der Waals surface area contributed by atoms with Crippen LogP contribution in [0.3, 0.4) is 0 Å². The second-order valence-corrected chi connectivity index (χ2v) is 4.59. The van der Waals surface area contributed by atoms with E-state index in [1.54, 1.807) is 12.1 Å². The highest BCUT2D eigenvalue weighted by Gasteiger charge is 2.17. The number of hydrogen-bond acceptors (Lipinski definition) is 4. The van der Waals surface area contributed by atoms with Crippen LogP contribution in [0, 0.1) is 17.0 Å². The molecular formula is C12H9Cl2N3O2. The Balaban J connectivity index is 2.45. The van der Waals surface area contributed by atoms with Gasteiger partial charge in [0.05, 0.1) is 15.6 Å². The molecular weight excluding hydrogens is 289 g/mol. The maximum atomic E-state index is 10.9. The Bertz CT molecular complexity index is 647. The fourth-order valence-corrected chi connectivity index (χ4v) is 1.86. The van der Waals surface area contributed by atoms with Crippen molar-refractivity contribution in [2.45, 2.75) is 6.92 Å². The maximum absolute atomic E-state index is 10.9. The number of nitrogens with zero attached hydrogens (tertiary/aromatic N) is 2. The van der Waals surface area contributed by atoms with Crippen molar-refractivity contribution in [2.24, 2.45) is 0 Å². The van der Waals surface area contributed by atoms with Crippen LogP contribution in [-0.4, -0.2) is 9.91 Å². The smallest absolute Gasteiger partial charge is 0.311 e. The summed E-state index contributed by atoms with van der Waals surface area (Å²) in [4.78, 5) is 14.3. The lowest BCUT2D eigenvalue weighted by molar-refractivity contribution is -0.384. The highest BCUT2D eigenvalue weighted by atomic mass is 35.5. The third-order valence-electron chi connectivity index (χ3n) is 2.48. The number of anilines is 2. The summed E-state index contributed by atoms with van der Waals surface area (Å²) in [6, 6.07) is 8.00. The van der Waals surface area contributed by atoms with Crippen molar-refractivity contribution in [1.29, 1.82) is 0 Å². The summed E-state index contributed by atoms with van der Waals surface area (Å²) in [6.45, 7) is 1.84. The summed E-state index contributed by atoms with van der Waals surface area (Å²) in [5.41, 5.74) is 1.23. The highest BCUT2D eigenvalue weighted by molar-refractivity contribution is 6.34. The molecule has 0 atom stereocenters. The number of rotatable bonds is 3. The fourth-order valence-electron chi connectivity index (χ4n) is 1.54. The van der Waals surface area contributed by atoms with E-state index in [0.717, 1.165) is 5.56 Å². The molecule has 0 fully saturated rings. The van der Waals surface area contributed by atoms with Gasteiger partial charge in [0, 0.05) is 6.07 Å². The molecule has 0 aliphatic rings. The van der Waals surface area contributed by atoms with Gasteiger partial charge in [-0.3, -0.25) is 10.1 Å². The van der Waals surface area contributed by atoms with Crippen molar-refractivity contribution >= 4 is 40.4 Å². The molecule has 1 heterocycles. The van der Waals surface area contributed by atoms with Crippen molar-refractivity contribution in [3.8, 4) is 0 Å². The number of benzene rings is 1. The lowest BCUT2D eigenvalue weighted by Gasteiger charge is -2.09. The summed E-state index contributed by atoms with van der Waals surface area (Å²) < 4.78 is 0. The summed E-state index contributed by atoms with van der Waals surface area (Å²) >= 11 is 11.9. The molecule has 7 heteroatoms. The minimum Gasteiger partial charge on any atom is -0.333 e. The van der Waals surface area contributed by atoms with E-state index in [1.165, 1.54) is 12.1 Å². The molecule has 2 rings (SSSR count). The Labute approximate surface area is 119 Å². The molecule has 0 saturated carbocycles. The molecule has 0 aliphatic carbocycles. The first-order chi connectivity index (χ1) is 8.99. The summed E-state index contributed by atoms with van der Waals surface area (Å²) in [6.07, 6.45) is 0.